The van der Waals surface area contributed by atoms with E-state index in [0.717, 1.165) is 33.1 Å². The van der Waals surface area contributed by atoms with Crippen LogP contribution in [0.25, 0.3) is 21.5 Å². The molecule has 0 saturated carbocycles. The lowest BCUT2D eigenvalue weighted by Crippen LogP contribution is -1.94. The van der Waals surface area contributed by atoms with E-state index >= 15 is 0 Å². The molecule has 3 nitrogen and oxygen atoms in total. The Bertz CT molecular complexity index is 926. The Morgan fingerprint density at radius 1 is 0.958 bits per heavy atom. The number of para-hydroxylation sites is 1. The van der Waals surface area contributed by atoms with Crippen LogP contribution in [0.4, 0.5) is 0 Å². The Morgan fingerprint density at radius 2 is 1.79 bits per heavy atom. The summed E-state index contributed by atoms with van der Waals surface area (Å²) >= 11 is 1.67. The van der Waals surface area contributed by atoms with E-state index in [-0.39, 0.29) is 0 Å². The number of thiazole rings is 1. The smallest absolute Gasteiger partial charge is 0.140 e. The molecule has 0 fully saturated rings. The fourth-order valence-corrected chi connectivity index (χ4v) is 3.37. The zero-order valence-electron chi connectivity index (χ0n) is 13.3. The molecule has 0 unspecified atom stereocenters. The van der Waals surface area contributed by atoms with Crippen LogP contribution in [-0.2, 0) is 6.61 Å². The molecule has 0 aliphatic rings. The lowest BCUT2D eigenvalue weighted by atomic mass is 10.1. The summed E-state index contributed by atoms with van der Waals surface area (Å²) in [4.78, 5) is 9.03. The lowest BCUT2D eigenvalue weighted by molar-refractivity contribution is 0.306. The number of hydrogen-bond acceptors (Lipinski definition) is 4. The zero-order valence-corrected chi connectivity index (χ0v) is 14.1. The molecule has 4 heteroatoms. The number of benzene rings is 2. The third kappa shape index (κ3) is 3.14. The van der Waals surface area contributed by atoms with Crippen molar-refractivity contribution in [1.82, 2.24) is 9.97 Å². The van der Waals surface area contributed by atoms with Crippen LogP contribution in [0.5, 0.6) is 5.75 Å². The Labute approximate surface area is 144 Å². The minimum atomic E-state index is 0.488. The van der Waals surface area contributed by atoms with Gasteiger partial charge in [-0.2, -0.15) is 0 Å². The molecule has 4 rings (SSSR count). The third-order valence-electron chi connectivity index (χ3n) is 3.76. The highest BCUT2D eigenvalue weighted by Gasteiger charge is 2.05. The quantitative estimate of drug-likeness (QED) is 0.512. The maximum absolute atomic E-state index is 5.86. The highest BCUT2D eigenvalue weighted by Crippen LogP contribution is 2.24. The van der Waals surface area contributed by atoms with Gasteiger partial charge in [-0.15, -0.1) is 11.3 Å². The first-order valence-corrected chi connectivity index (χ1v) is 8.60. The van der Waals surface area contributed by atoms with E-state index in [1.807, 2.05) is 61.7 Å². The monoisotopic (exact) mass is 332 g/mol. The molecule has 0 aliphatic heterocycles. The van der Waals surface area contributed by atoms with Crippen molar-refractivity contribution in [2.75, 3.05) is 0 Å². The lowest BCUT2D eigenvalue weighted by Gasteiger charge is -2.06. The summed E-state index contributed by atoms with van der Waals surface area (Å²) in [6, 6.07) is 20.3. The summed E-state index contributed by atoms with van der Waals surface area (Å²) in [6.07, 6.45) is 1.88. The number of hydrogen-bond donors (Lipinski definition) is 0. The summed E-state index contributed by atoms with van der Waals surface area (Å²) in [5, 5.41) is 0.987. The van der Waals surface area contributed by atoms with Gasteiger partial charge in [-0.05, 0) is 55.0 Å². The van der Waals surface area contributed by atoms with Crippen molar-refractivity contribution in [3.05, 3.63) is 77.4 Å². The van der Waals surface area contributed by atoms with Gasteiger partial charge >= 0.3 is 0 Å². The second-order valence-electron chi connectivity index (χ2n) is 5.61. The van der Waals surface area contributed by atoms with Crippen molar-refractivity contribution < 1.29 is 4.74 Å². The third-order valence-corrected chi connectivity index (χ3v) is 4.77. The highest BCUT2D eigenvalue weighted by atomic mass is 32.1. The zero-order chi connectivity index (χ0) is 16.4. The van der Waals surface area contributed by atoms with Gasteiger partial charge in [-0.3, -0.25) is 4.98 Å². The molecule has 2 aromatic carbocycles. The van der Waals surface area contributed by atoms with Crippen LogP contribution in [0.2, 0.25) is 0 Å². The summed E-state index contributed by atoms with van der Waals surface area (Å²) in [5.74, 6) is 0.838. The molecule has 0 radical (unpaired) electrons. The van der Waals surface area contributed by atoms with Gasteiger partial charge in [0.1, 0.15) is 17.4 Å². The molecule has 0 aliphatic carbocycles. The van der Waals surface area contributed by atoms with Gasteiger partial charge in [0.25, 0.3) is 0 Å². The molecular weight excluding hydrogens is 316 g/mol. The molecule has 2 aromatic heterocycles. The number of aromatic nitrogens is 2. The van der Waals surface area contributed by atoms with Crippen molar-refractivity contribution in [2.45, 2.75) is 13.5 Å². The summed E-state index contributed by atoms with van der Waals surface area (Å²) < 4.78 is 7.05. The van der Waals surface area contributed by atoms with Crippen molar-refractivity contribution in [3.8, 4) is 17.0 Å². The van der Waals surface area contributed by atoms with Crippen LogP contribution in [0.3, 0.4) is 0 Å². The predicted molar refractivity (Wildman–Crippen MR) is 98.4 cm³/mol. The minimum absolute atomic E-state index is 0.488. The predicted octanol–water partition coefficient (Wildman–Crippen LogP) is 5.25. The molecule has 2 heterocycles. The SMILES string of the molecule is Cc1ccc(-c2ccc(OCc3nc4ccccc4s3)cc2)nc1. The standard InChI is InChI=1S/C20H16N2OS/c1-14-6-11-17(21-12-14)15-7-9-16(10-8-15)23-13-20-22-18-4-2-3-5-19(18)24-20/h2-12H,13H2,1H3. The van der Waals surface area contributed by atoms with Gasteiger partial charge in [0, 0.05) is 11.8 Å². The second kappa shape index (κ2) is 6.42. The van der Waals surface area contributed by atoms with Crippen LogP contribution < -0.4 is 4.74 Å². The first kappa shape index (κ1) is 14.8. The van der Waals surface area contributed by atoms with E-state index in [1.165, 1.54) is 4.70 Å². The van der Waals surface area contributed by atoms with E-state index in [0.29, 0.717) is 6.61 Å². The van der Waals surface area contributed by atoms with Crippen molar-refractivity contribution in [3.63, 3.8) is 0 Å². The number of aryl methyl sites for hydroxylation is 1. The summed E-state index contributed by atoms with van der Waals surface area (Å²) in [5.41, 5.74) is 4.25. The number of rotatable bonds is 4. The van der Waals surface area contributed by atoms with Crippen LogP contribution in [0.1, 0.15) is 10.6 Å². The van der Waals surface area contributed by atoms with E-state index in [4.69, 9.17) is 4.74 Å². The normalized spacial score (nSPS) is 10.9. The van der Waals surface area contributed by atoms with Gasteiger partial charge in [0.05, 0.1) is 15.9 Å². The summed E-state index contributed by atoms with van der Waals surface area (Å²) in [7, 11) is 0. The molecule has 0 bridgehead atoms. The molecule has 118 valence electrons. The Balaban J connectivity index is 1.46. The van der Waals surface area contributed by atoms with Gasteiger partial charge in [-0.25, -0.2) is 4.98 Å². The molecule has 4 aromatic rings. The van der Waals surface area contributed by atoms with Crippen LogP contribution in [-0.4, -0.2) is 9.97 Å². The van der Waals surface area contributed by atoms with Gasteiger partial charge in [0.15, 0.2) is 0 Å². The first-order chi connectivity index (χ1) is 11.8. The first-order valence-electron chi connectivity index (χ1n) is 7.78. The fourth-order valence-electron chi connectivity index (χ4n) is 2.49. The molecular formula is C20H16N2OS. The minimum Gasteiger partial charge on any atom is -0.486 e. The van der Waals surface area contributed by atoms with E-state index in [2.05, 4.69) is 22.1 Å². The number of nitrogens with zero attached hydrogens (tertiary/aromatic N) is 2. The van der Waals surface area contributed by atoms with E-state index < -0.39 is 0 Å². The van der Waals surface area contributed by atoms with Crippen molar-refractivity contribution >= 4 is 21.6 Å². The Kier molecular flexibility index (Phi) is 3.97. The van der Waals surface area contributed by atoms with Crippen molar-refractivity contribution in [1.29, 1.82) is 0 Å². The fraction of sp³-hybridized carbons (Fsp3) is 0.100. The van der Waals surface area contributed by atoms with Crippen LogP contribution in [0, 0.1) is 6.92 Å². The number of ether oxygens (including phenoxy) is 1. The van der Waals surface area contributed by atoms with E-state index in [1.54, 1.807) is 11.3 Å². The van der Waals surface area contributed by atoms with Gasteiger partial charge < -0.3 is 4.74 Å². The average Bonchev–Trinajstić information content (AvgIpc) is 3.04. The van der Waals surface area contributed by atoms with Gasteiger partial charge in [-0.1, -0.05) is 18.2 Å². The highest BCUT2D eigenvalue weighted by molar-refractivity contribution is 7.18. The Hall–Kier alpha value is -2.72. The maximum Gasteiger partial charge on any atom is 0.140 e. The molecule has 0 atom stereocenters. The van der Waals surface area contributed by atoms with Gasteiger partial charge in [0.2, 0.25) is 0 Å². The van der Waals surface area contributed by atoms with Crippen LogP contribution in [0.15, 0.2) is 66.9 Å². The molecule has 0 N–H and O–H groups in total. The number of pyridine rings is 1. The van der Waals surface area contributed by atoms with E-state index in [9.17, 15) is 0 Å². The Morgan fingerprint density at radius 3 is 2.54 bits per heavy atom. The van der Waals surface area contributed by atoms with Crippen LogP contribution >= 0.6 is 11.3 Å². The molecule has 0 amide bonds. The number of fused-ring (bicyclic) bond motifs is 1. The largest absolute Gasteiger partial charge is 0.486 e. The second-order valence-corrected chi connectivity index (χ2v) is 6.72. The van der Waals surface area contributed by atoms with Crippen molar-refractivity contribution in [2.24, 2.45) is 0 Å². The maximum atomic E-state index is 5.86. The average molecular weight is 332 g/mol. The molecule has 24 heavy (non-hydrogen) atoms. The molecule has 0 saturated heterocycles. The summed E-state index contributed by atoms with van der Waals surface area (Å²) in [6.45, 7) is 2.53. The topological polar surface area (TPSA) is 35.0 Å². The molecule has 0 spiro atoms.